The molecule has 0 unspecified atom stereocenters. The van der Waals surface area contributed by atoms with Crippen molar-refractivity contribution in [3.05, 3.63) is 95.1 Å². The summed E-state index contributed by atoms with van der Waals surface area (Å²) in [5.74, 6) is -0.932. The molecule has 0 spiro atoms. The number of aromatic carboxylic acids is 1. The molecule has 0 aliphatic carbocycles. The molecule has 0 heterocycles. The number of hydrogen-bond acceptors (Lipinski definition) is 3. The molecule has 3 aromatic rings. The Bertz CT molecular complexity index is 1120. The monoisotopic (exact) mass is 437 g/mol. The molecule has 0 aromatic heterocycles. The molecule has 5 nitrogen and oxygen atoms in total. The van der Waals surface area contributed by atoms with Gasteiger partial charge < -0.3 is 5.11 Å². The molecule has 3 aromatic carbocycles. The first-order chi connectivity index (χ1) is 14.9. The van der Waals surface area contributed by atoms with Gasteiger partial charge in [-0.3, -0.25) is 4.72 Å². The van der Waals surface area contributed by atoms with Gasteiger partial charge in [0, 0.05) is 5.69 Å². The van der Waals surface area contributed by atoms with Crippen LogP contribution >= 0.6 is 0 Å². The molecule has 0 bridgehead atoms. The summed E-state index contributed by atoms with van der Waals surface area (Å²) in [6.07, 6.45) is 4.39. The summed E-state index contributed by atoms with van der Waals surface area (Å²) in [5, 5.41) is 9.29. The van der Waals surface area contributed by atoms with E-state index in [0.717, 1.165) is 36.0 Å². The largest absolute Gasteiger partial charge is 0.478 e. The number of carboxylic acids is 1. The van der Waals surface area contributed by atoms with Crippen molar-refractivity contribution in [1.82, 2.24) is 0 Å². The Kier molecular flexibility index (Phi) is 7.47. The van der Waals surface area contributed by atoms with Crippen LogP contribution in [0.5, 0.6) is 0 Å². The van der Waals surface area contributed by atoms with Gasteiger partial charge in [-0.25, -0.2) is 13.2 Å². The van der Waals surface area contributed by atoms with Gasteiger partial charge in [0.25, 0.3) is 10.0 Å². The van der Waals surface area contributed by atoms with Gasteiger partial charge in [0.05, 0.1) is 10.5 Å². The number of anilines is 1. The number of sulfonamides is 1. The zero-order chi connectivity index (χ0) is 22.3. The van der Waals surface area contributed by atoms with Crippen molar-refractivity contribution >= 4 is 21.7 Å². The van der Waals surface area contributed by atoms with Crippen LogP contribution in [0, 0.1) is 0 Å². The lowest BCUT2D eigenvalue weighted by atomic mass is 10.00. The van der Waals surface area contributed by atoms with Gasteiger partial charge in [-0.15, -0.1) is 0 Å². The zero-order valence-electron chi connectivity index (χ0n) is 17.5. The molecule has 0 aliphatic heterocycles. The Morgan fingerprint density at radius 2 is 1.45 bits per heavy atom. The third kappa shape index (κ3) is 6.18. The van der Waals surface area contributed by atoms with Crippen LogP contribution in [0.4, 0.5) is 5.69 Å². The first-order valence-electron chi connectivity index (χ1n) is 10.4. The number of hydrogen-bond donors (Lipinski definition) is 2. The van der Waals surface area contributed by atoms with Gasteiger partial charge in [0.2, 0.25) is 0 Å². The summed E-state index contributed by atoms with van der Waals surface area (Å²) in [4.78, 5) is 11.6. The summed E-state index contributed by atoms with van der Waals surface area (Å²) in [7, 11) is -3.65. The van der Waals surface area contributed by atoms with Crippen LogP contribution in [-0.4, -0.2) is 19.5 Å². The maximum atomic E-state index is 12.7. The van der Waals surface area contributed by atoms with Crippen molar-refractivity contribution < 1.29 is 18.3 Å². The highest BCUT2D eigenvalue weighted by Gasteiger charge is 2.14. The van der Waals surface area contributed by atoms with Crippen molar-refractivity contribution in [1.29, 1.82) is 0 Å². The highest BCUT2D eigenvalue weighted by atomic mass is 32.2. The summed E-state index contributed by atoms with van der Waals surface area (Å²) >= 11 is 0. The summed E-state index contributed by atoms with van der Waals surface area (Å²) in [5.41, 5.74) is 3.72. The lowest BCUT2D eigenvalue weighted by molar-refractivity contribution is 0.0695. The van der Waals surface area contributed by atoms with E-state index < -0.39 is 16.0 Å². The average molecular weight is 438 g/mol. The standard InChI is InChI=1S/C25H27NO4S/c1-2-3-6-19-12-17-23(18-13-19)31(29,30)26-22-15-10-20(11-16-22)9-14-21-7-4-5-8-24(21)25(27)28/h4-5,7-8,10-13,15-18,26H,2-3,6,9,14H2,1H3,(H,27,28). The van der Waals surface area contributed by atoms with Gasteiger partial charge in [-0.2, -0.15) is 0 Å². The number of unbranched alkanes of at least 4 members (excludes halogenated alkanes) is 1. The molecule has 0 saturated carbocycles. The first kappa shape index (κ1) is 22.6. The van der Waals surface area contributed by atoms with Crippen molar-refractivity contribution in [3.8, 4) is 0 Å². The lowest BCUT2D eigenvalue weighted by Crippen LogP contribution is -2.13. The SMILES string of the molecule is CCCCc1ccc(S(=O)(=O)Nc2ccc(CCc3ccccc3C(=O)O)cc2)cc1. The number of benzene rings is 3. The zero-order valence-corrected chi connectivity index (χ0v) is 18.4. The van der Waals surface area contributed by atoms with Crippen LogP contribution in [0.25, 0.3) is 0 Å². The Labute approximate surface area is 183 Å². The van der Waals surface area contributed by atoms with E-state index in [1.165, 1.54) is 0 Å². The highest BCUT2D eigenvalue weighted by molar-refractivity contribution is 7.92. The van der Waals surface area contributed by atoms with Crippen LogP contribution < -0.4 is 4.72 Å². The molecule has 3 rings (SSSR count). The maximum absolute atomic E-state index is 12.7. The highest BCUT2D eigenvalue weighted by Crippen LogP contribution is 2.19. The van der Waals surface area contributed by atoms with Crippen LogP contribution in [0.3, 0.4) is 0 Å². The minimum Gasteiger partial charge on any atom is -0.478 e. The summed E-state index contributed by atoms with van der Waals surface area (Å²) in [6, 6.07) is 21.1. The molecule has 6 heteroatoms. The third-order valence-corrected chi connectivity index (χ3v) is 6.59. The molecule has 0 aliphatic rings. The fourth-order valence-electron chi connectivity index (χ4n) is 3.40. The molecular formula is C25H27NO4S. The molecule has 2 N–H and O–H groups in total. The predicted octanol–water partition coefficient (Wildman–Crippen LogP) is 5.31. The molecule has 0 atom stereocenters. The second-order valence-electron chi connectivity index (χ2n) is 7.51. The van der Waals surface area contributed by atoms with E-state index in [1.54, 1.807) is 36.4 Å². The first-order valence-corrected chi connectivity index (χ1v) is 11.9. The number of nitrogens with one attached hydrogen (secondary N) is 1. The summed E-state index contributed by atoms with van der Waals surface area (Å²) < 4.78 is 27.9. The van der Waals surface area contributed by atoms with Gasteiger partial charge in [-0.1, -0.05) is 55.8 Å². The Hall–Kier alpha value is -3.12. The normalized spacial score (nSPS) is 11.3. The molecule has 31 heavy (non-hydrogen) atoms. The Balaban J connectivity index is 1.63. The molecule has 0 fully saturated rings. The average Bonchev–Trinajstić information content (AvgIpc) is 2.77. The molecule has 0 saturated heterocycles. The predicted molar refractivity (Wildman–Crippen MR) is 123 cm³/mol. The van der Waals surface area contributed by atoms with Gasteiger partial charge in [-0.05, 0) is 72.7 Å². The van der Waals surface area contributed by atoms with Crippen LogP contribution in [0.15, 0.2) is 77.7 Å². The van der Waals surface area contributed by atoms with Crippen molar-refractivity contribution in [2.45, 2.75) is 43.9 Å². The van der Waals surface area contributed by atoms with E-state index in [9.17, 15) is 18.3 Å². The molecule has 0 radical (unpaired) electrons. The molecule has 162 valence electrons. The van der Waals surface area contributed by atoms with E-state index in [-0.39, 0.29) is 4.90 Å². The number of carbonyl (C=O) groups is 1. The quantitative estimate of drug-likeness (QED) is 0.450. The van der Waals surface area contributed by atoms with Crippen LogP contribution in [0.2, 0.25) is 0 Å². The van der Waals surface area contributed by atoms with Crippen LogP contribution in [0.1, 0.15) is 46.8 Å². The fourth-order valence-corrected chi connectivity index (χ4v) is 4.45. The topological polar surface area (TPSA) is 83.5 Å². The second-order valence-corrected chi connectivity index (χ2v) is 9.19. The van der Waals surface area contributed by atoms with E-state index in [0.29, 0.717) is 24.1 Å². The Morgan fingerprint density at radius 1 is 0.839 bits per heavy atom. The second kappa shape index (κ2) is 10.3. The Morgan fingerprint density at radius 3 is 2.10 bits per heavy atom. The van der Waals surface area contributed by atoms with E-state index in [4.69, 9.17) is 0 Å². The van der Waals surface area contributed by atoms with Gasteiger partial charge >= 0.3 is 5.97 Å². The molecule has 0 amide bonds. The van der Waals surface area contributed by atoms with Crippen molar-refractivity contribution in [2.24, 2.45) is 0 Å². The number of aryl methyl sites for hydroxylation is 3. The van der Waals surface area contributed by atoms with Crippen molar-refractivity contribution in [2.75, 3.05) is 4.72 Å². The van der Waals surface area contributed by atoms with Gasteiger partial charge in [0.1, 0.15) is 0 Å². The smallest absolute Gasteiger partial charge is 0.335 e. The molecular weight excluding hydrogens is 410 g/mol. The van der Waals surface area contributed by atoms with E-state index in [1.807, 2.05) is 36.4 Å². The number of carboxylic acid groups (broad SMARTS) is 1. The third-order valence-electron chi connectivity index (χ3n) is 5.19. The van der Waals surface area contributed by atoms with Gasteiger partial charge in [0.15, 0.2) is 0 Å². The number of rotatable bonds is 10. The van der Waals surface area contributed by atoms with E-state index >= 15 is 0 Å². The summed E-state index contributed by atoms with van der Waals surface area (Å²) in [6.45, 7) is 2.13. The minimum absolute atomic E-state index is 0.238. The van der Waals surface area contributed by atoms with Crippen molar-refractivity contribution in [3.63, 3.8) is 0 Å². The maximum Gasteiger partial charge on any atom is 0.335 e. The lowest BCUT2D eigenvalue weighted by Gasteiger charge is -2.10. The van der Waals surface area contributed by atoms with E-state index in [2.05, 4.69) is 11.6 Å². The minimum atomic E-state index is -3.65. The van der Waals surface area contributed by atoms with Crippen LogP contribution in [-0.2, 0) is 29.3 Å². The fraction of sp³-hybridized carbons (Fsp3) is 0.240.